The molecule has 1 rings (SSSR count). The van der Waals surface area contributed by atoms with E-state index >= 15 is 0 Å². The maximum atomic E-state index is 5.50. The second-order valence-corrected chi connectivity index (χ2v) is 3.76. The molecular weight excluding hydrogens is 160 g/mol. The lowest BCUT2D eigenvalue weighted by atomic mass is 9.98. The van der Waals surface area contributed by atoms with Gasteiger partial charge in [-0.05, 0) is 17.9 Å². The van der Waals surface area contributed by atoms with Gasteiger partial charge >= 0.3 is 0 Å². The molecule has 1 atom stereocenters. The zero-order valence-corrected chi connectivity index (χ0v) is 8.33. The second-order valence-electron chi connectivity index (χ2n) is 3.76. The number of rotatable bonds is 4. The van der Waals surface area contributed by atoms with Crippen LogP contribution in [0.3, 0.4) is 0 Å². The molecule has 0 amide bonds. The van der Waals surface area contributed by atoms with Gasteiger partial charge in [-0.2, -0.15) is 0 Å². The highest BCUT2D eigenvalue weighted by Crippen LogP contribution is 2.19. The normalized spacial score (nSPS) is 13.2. The summed E-state index contributed by atoms with van der Waals surface area (Å²) < 4.78 is 0. The van der Waals surface area contributed by atoms with Gasteiger partial charge in [-0.25, -0.2) is 0 Å². The average molecular weight is 178 g/mol. The molecule has 1 unspecified atom stereocenters. The van der Waals surface area contributed by atoms with E-state index in [-0.39, 0.29) is 6.04 Å². The molecule has 0 radical (unpaired) electrons. The average Bonchev–Trinajstić information content (AvgIpc) is 2.15. The molecule has 0 fully saturated rings. The van der Waals surface area contributed by atoms with Crippen LogP contribution < -0.4 is 11.3 Å². The van der Waals surface area contributed by atoms with Gasteiger partial charge in [-0.1, -0.05) is 44.2 Å². The van der Waals surface area contributed by atoms with Gasteiger partial charge in [-0.15, -0.1) is 0 Å². The fraction of sp³-hybridized carbons (Fsp3) is 0.455. The van der Waals surface area contributed by atoms with Crippen molar-refractivity contribution >= 4 is 0 Å². The lowest BCUT2D eigenvalue weighted by Gasteiger charge is -2.18. The summed E-state index contributed by atoms with van der Waals surface area (Å²) in [6, 6.07) is 10.6. The van der Waals surface area contributed by atoms with Gasteiger partial charge in [0.2, 0.25) is 0 Å². The van der Waals surface area contributed by atoms with Crippen LogP contribution in [0.25, 0.3) is 0 Å². The van der Waals surface area contributed by atoms with E-state index in [0.29, 0.717) is 5.92 Å². The lowest BCUT2D eigenvalue weighted by molar-refractivity contribution is 0.438. The van der Waals surface area contributed by atoms with E-state index in [1.165, 1.54) is 5.56 Å². The molecule has 0 saturated carbocycles. The largest absolute Gasteiger partial charge is 0.271 e. The van der Waals surface area contributed by atoms with Crippen LogP contribution >= 0.6 is 0 Å². The highest BCUT2D eigenvalue weighted by atomic mass is 15.2. The Morgan fingerprint density at radius 3 is 2.31 bits per heavy atom. The SMILES string of the molecule is CC(C)CC(NN)c1ccccc1. The second kappa shape index (κ2) is 5.00. The number of hydrazine groups is 1. The standard InChI is InChI=1S/C11H18N2/c1-9(2)8-11(13-12)10-6-4-3-5-7-10/h3-7,9,11,13H,8,12H2,1-2H3. The Kier molecular flexibility index (Phi) is 3.93. The Bertz CT molecular complexity index is 231. The van der Waals surface area contributed by atoms with E-state index in [2.05, 4.69) is 31.4 Å². The molecule has 0 aromatic heterocycles. The van der Waals surface area contributed by atoms with Crippen LogP contribution in [0.15, 0.2) is 30.3 Å². The molecule has 2 heteroatoms. The summed E-state index contributed by atoms with van der Waals surface area (Å²) in [6.07, 6.45) is 1.07. The molecule has 0 aliphatic carbocycles. The highest BCUT2D eigenvalue weighted by molar-refractivity contribution is 5.18. The summed E-state index contributed by atoms with van der Waals surface area (Å²) in [5, 5.41) is 0. The Labute approximate surface area is 80.1 Å². The Hall–Kier alpha value is -0.860. The highest BCUT2D eigenvalue weighted by Gasteiger charge is 2.10. The molecule has 72 valence electrons. The Morgan fingerprint density at radius 1 is 1.23 bits per heavy atom. The van der Waals surface area contributed by atoms with E-state index in [0.717, 1.165) is 6.42 Å². The van der Waals surface area contributed by atoms with E-state index in [9.17, 15) is 0 Å². The zero-order valence-electron chi connectivity index (χ0n) is 8.33. The summed E-state index contributed by atoms with van der Waals surface area (Å²) in [5.41, 5.74) is 4.11. The molecule has 1 aromatic rings. The van der Waals surface area contributed by atoms with Gasteiger partial charge in [0.25, 0.3) is 0 Å². The summed E-state index contributed by atoms with van der Waals surface area (Å²) in [5.74, 6) is 6.16. The van der Waals surface area contributed by atoms with Crippen LogP contribution in [0.2, 0.25) is 0 Å². The fourth-order valence-electron chi connectivity index (χ4n) is 1.46. The third-order valence-electron chi connectivity index (χ3n) is 2.11. The molecule has 0 bridgehead atoms. The van der Waals surface area contributed by atoms with Gasteiger partial charge < -0.3 is 0 Å². The van der Waals surface area contributed by atoms with E-state index in [1.54, 1.807) is 0 Å². The van der Waals surface area contributed by atoms with Crippen LogP contribution in [-0.2, 0) is 0 Å². The summed E-state index contributed by atoms with van der Waals surface area (Å²) in [4.78, 5) is 0. The van der Waals surface area contributed by atoms with Crippen LogP contribution in [0.5, 0.6) is 0 Å². The van der Waals surface area contributed by atoms with Gasteiger partial charge in [0.05, 0.1) is 0 Å². The predicted molar refractivity (Wildman–Crippen MR) is 56.0 cm³/mol. The molecular formula is C11H18N2. The molecule has 0 heterocycles. The van der Waals surface area contributed by atoms with Crippen molar-refractivity contribution in [3.63, 3.8) is 0 Å². The van der Waals surface area contributed by atoms with E-state index < -0.39 is 0 Å². The smallest absolute Gasteiger partial charge is 0.0462 e. The van der Waals surface area contributed by atoms with Crippen molar-refractivity contribution in [2.24, 2.45) is 11.8 Å². The third kappa shape index (κ3) is 3.17. The van der Waals surface area contributed by atoms with Crippen molar-refractivity contribution in [2.75, 3.05) is 0 Å². The van der Waals surface area contributed by atoms with Crippen molar-refractivity contribution in [3.8, 4) is 0 Å². The van der Waals surface area contributed by atoms with E-state index in [4.69, 9.17) is 5.84 Å². The molecule has 0 saturated heterocycles. The number of nitrogens with two attached hydrogens (primary N) is 1. The van der Waals surface area contributed by atoms with Gasteiger partial charge in [-0.3, -0.25) is 11.3 Å². The minimum atomic E-state index is 0.279. The monoisotopic (exact) mass is 178 g/mol. The quantitative estimate of drug-likeness (QED) is 0.548. The first kappa shape index (κ1) is 10.2. The van der Waals surface area contributed by atoms with Crippen molar-refractivity contribution < 1.29 is 0 Å². The maximum absolute atomic E-state index is 5.50. The van der Waals surface area contributed by atoms with Crippen molar-refractivity contribution in [1.82, 2.24) is 5.43 Å². The first-order valence-corrected chi connectivity index (χ1v) is 4.75. The molecule has 0 spiro atoms. The Morgan fingerprint density at radius 2 is 1.85 bits per heavy atom. The lowest BCUT2D eigenvalue weighted by Crippen LogP contribution is -2.28. The topological polar surface area (TPSA) is 38.0 Å². The molecule has 13 heavy (non-hydrogen) atoms. The van der Waals surface area contributed by atoms with Crippen molar-refractivity contribution in [3.05, 3.63) is 35.9 Å². The molecule has 2 nitrogen and oxygen atoms in total. The number of nitrogens with one attached hydrogen (secondary N) is 1. The molecule has 0 aliphatic rings. The number of hydrogen-bond donors (Lipinski definition) is 2. The Balaban J connectivity index is 2.67. The van der Waals surface area contributed by atoms with E-state index in [1.807, 2.05) is 18.2 Å². The minimum Gasteiger partial charge on any atom is -0.271 e. The summed E-state index contributed by atoms with van der Waals surface area (Å²) in [7, 11) is 0. The summed E-state index contributed by atoms with van der Waals surface area (Å²) >= 11 is 0. The number of hydrogen-bond acceptors (Lipinski definition) is 2. The zero-order chi connectivity index (χ0) is 9.68. The van der Waals surface area contributed by atoms with Gasteiger partial charge in [0.15, 0.2) is 0 Å². The van der Waals surface area contributed by atoms with Crippen LogP contribution in [0.1, 0.15) is 31.9 Å². The molecule has 0 aliphatic heterocycles. The first-order valence-electron chi connectivity index (χ1n) is 4.75. The molecule has 3 N–H and O–H groups in total. The van der Waals surface area contributed by atoms with Crippen LogP contribution in [0, 0.1) is 5.92 Å². The molecule has 1 aromatic carbocycles. The number of benzene rings is 1. The van der Waals surface area contributed by atoms with Crippen LogP contribution in [0.4, 0.5) is 0 Å². The van der Waals surface area contributed by atoms with Gasteiger partial charge in [0.1, 0.15) is 0 Å². The summed E-state index contributed by atoms with van der Waals surface area (Å²) in [6.45, 7) is 4.40. The van der Waals surface area contributed by atoms with Crippen molar-refractivity contribution in [1.29, 1.82) is 0 Å². The van der Waals surface area contributed by atoms with Crippen molar-refractivity contribution in [2.45, 2.75) is 26.3 Å². The van der Waals surface area contributed by atoms with Crippen LogP contribution in [-0.4, -0.2) is 0 Å². The fourth-order valence-corrected chi connectivity index (χ4v) is 1.46. The predicted octanol–water partition coefficient (Wildman–Crippen LogP) is 2.24. The third-order valence-corrected chi connectivity index (χ3v) is 2.11. The minimum absolute atomic E-state index is 0.279. The first-order chi connectivity index (χ1) is 6.24. The van der Waals surface area contributed by atoms with Gasteiger partial charge in [0, 0.05) is 6.04 Å². The maximum Gasteiger partial charge on any atom is 0.0462 e.